The molecule has 0 aromatic carbocycles. The van der Waals surface area contributed by atoms with Crippen molar-refractivity contribution in [1.82, 2.24) is 4.98 Å². The molecule has 0 unspecified atom stereocenters. The molecule has 1 aromatic heterocycles. The summed E-state index contributed by atoms with van der Waals surface area (Å²) < 4.78 is 4.70. The van der Waals surface area contributed by atoms with Crippen LogP contribution in [0, 0.1) is 6.92 Å². The van der Waals surface area contributed by atoms with E-state index in [1.807, 2.05) is 0 Å². The molecular formula is C9H11NO4. The van der Waals surface area contributed by atoms with Gasteiger partial charge in [-0.1, -0.05) is 0 Å². The van der Waals surface area contributed by atoms with E-state index in [0.717, 1.165) is 0 Å². The number of carboxylic acid groups (broad SMARTS) is 1. The Hall–Kier alpha value is -1.78. The fraction of sp³-hybridized carbons (Fsp3) is 0.333. The highest BCUT2D eigenvalue weighted by molar-refractivity contribution is 6.02. The van der Waals surface area contributed by atoms with E-state index in [0.29, 0.717) is 5.56 Å². The minimum atomic E-state index is -1.13. The lowest BCUT2D eigenvalue weighted by atomic mass is 10.1. The van der Waals surface area contributed by atoms with Crippen LogP contribution in [-0.2, 0) is 4.74 Å². The van der Waals surface area contributed by atoms with Gasteiger partial charge in [-0.15, -0.1) is 0 Å². The smallest absolute Gasteiger partial charge is 0.355 e. The predicted octanol–water partition coefficient (Wildman–Crippen LogP) is 1.20. The van der Waals surface area contributed by atoms with Crippen molar-refractivity contribution in [2.24, 2.45) is 0 Å². The quantitative estimate of drug-likeness (QED) is 0.713. The Morgan fingerprint density at radius 1 is 1.57 bits per heavy atom. The minimum absolute atomic E-state index is 0.00292. The zero-order valence-corrected chi connectivity index (χ0v) is 7.96. The number of rotatable bonds is 3. The molecule has 14 heavy (non-hydrogen) atoms. The highest BCUT2D eigenvalue weighted by Crippen LogP contribution is 2.14. The summed E-state index contributed by atoms with van der Waals surface area (Å²) in [7, 11) is 0. The van der Waals surface area contributed by atoms with Gasteiger partial charge in [0.25, 0.3) is 0 Å². The number of esters is 1. The van der Waals surface area contributed by atoms with Gasteiger partial charge in [-0.2, -0.15) is 0 Å². The molecular weight excluding hydrogens is 186 g/mol. The zero-order chi connectivity index (χ0) is 10.7. The topological polar surface area (TPSA) is 79.4 Å². The van der Waals surface area contributed by atoms with E-state index in [1.54, 1.807) is 13.8 Å². The van der Waals surface area contributed by atoms with Crippen molar-refractivity contribution in [1.29, 1.82) is 0 Å². The fourth-order valence-corrected chi connectivity index (χ4v) is 1.16. The first-order valence-electron chi connectivity index (χ1n) is 4.16. The number of aryl methyl sites for hydroxylation is 1. The maximum absolute atomic E-state index is 11.3. The van der Waals surface area contributed by atoms with Gasteiger partial charge < -0.3 is 14.8 Å². The van der Waals surface area contributed by atoms with Crippen molar-refractivity contribution >= 4 is 11.9 Å². The molecule has 0 aliphatic carbocycles. The minimum Gasteiger partial charge on any atom is -0.478 e. The molecule has 0 radical (unpaired) electrons. The van der Waals surface area contributed by atoms with Gasteiger partial charge in [0.15, 0.2) is 0 Å². The summed E-state index contributed by atoms with van der Waals surface area (Å²) in [6.07, 6.45) is 1.47. The Morgan fingerprint density at radius 3 is 2.71 bits per heavy atom. The van der Waals surface area contributed by atoms with Crippen LogP contribution in [0.4, 0.5) is 0 Å². The van der Waals surface area contributed by atoms with Crippen molar-refractivity contribution in [2.45, 2.75) is 13.8 Å². The molecule has 2 N–H and O–H groups in total. The van der Waals surface area contributed by atoms with E-state index in [4.69, 9.17) is 9.84 Å². The zero-order valence-electron chi connectivity index (χ0n) is 7.96. The number of carbonyl (C=O) groups is 2. The molecule has 0 fully saturated rings. The van der Waals surface area contributed by atoms with Crippen molar-refractivity contribution in [3.05, 3.63) is 23.0 Å². The van der Waals surface area contributed by atoms with Crippen LogP contribution in [0.5, 0.6) is 0 Å². The third-order valence-corrected chi connectivity index (χ3v) is 1.77. The van der Waals surface area contributed by atoms with Crippen LogP contribution in [0.25, 0.3) is 0 Å². The van der Waals surface area contributed by atoms with E-state index >= 15 is 0 Å². The molecule has 0 saturated heterocycles. The van der Waals surface area contributed by atoms with E-state index < -0.39 is 11.9 Å². The van der Waals surface area contributed by atoms with Crippen LogP contribution >= 0.6 is 0 Å². The first-order valence-corrected chi connectivity index (χ1v) is 4.16. The predicted molar refractivity (Wildman–Crippen MR) is 48.4 cm³/mol. The summed E-state index contributed by atoms with van der Waals surface area (Å²) in [6.45, 7) is 3.49. The molecule has 0 amide bonds. The SMILES string of the molecule is CCOC(=O)c1[nH]cc(C)c1C(=O)O. The summed E-state index contributed by atoms with van der Waals surface area (Å²) in [4.78, 5) is 24.6. The van der Waals surface area contributed by atoms with E-state index in [9.17, 15) is 9.59 Å². The monoisotopic (exact) mass is 197 g/mol. The molecule has 1 heterocycles. The van der Waals surface area contributed by atoms with Crippen molar-refractivity contribution in [3.8, 4) is 0 Å². The Morgan fingerprint density at radius 2 is 2.21 bits per heavy atom. The van der Waals surface area contributed by atoms with E-state index in [1.165, 1.54) is 6.20 Å². The van der Waals surface area contributed by atoms with Crippen molar-refractivity contribution in [3.63, 3.8) is 0 Å². The third-order valence-electron chi connectivity index (χ3n) is 1.77. The summed E-state index contributed by atoms with van der Waals surface area (Å²) in [5, 5.41) is 8.82. The van der Waals surface area contributed by atoms with E-state index in [-0.39, 0.29) is 17.9 Å². The number of aromatic carboxylic acids is 1. The number of aromatic nitrogens is 1. The second-order valence-electron chi connectivity index (χ2n) is 2.75. The van der Waals surface area contributed by atoms with Gasteiger partial charge in [0.2, 0.25) is 0 Å². The molecule has 0 spiro atoms. The maximum atomic E-state index is 11.3. The molecule has 0 aliphatic heterocycles. The van der Waals surface area contributed by atoms with Crippen LogP contribution in [0.1, 0.15) is 33.3 Å². The second kappa shape index (κ2) is 3.95. The standard InChI is InChI=1S/C9H11NO4/c1-3-14-9(13)7-6(8(11)12)5(2)4-10-7/h4,10H,3H2,1-2H3,(H,11,12). The third kappa shape index (κ3) is 1.76. The Kier molecular flexibility index (Phi) is 2.91. The van der Waals surface area contributed by atoms with E-state index in [2.05, 4.69) is 4.98 Å². The van der Waals surface area contributed by atoms with Crippen LogP contribution in [-0.4, -0.2) is 28.6 Å². The van der Waals surface area contributed by atoms with Crippen molar-refractivity contribution < 1.29 is 19.4 Å². The first-order chi connectivity index (χ1) is 6.57. The molecule has 0 saturated carbocycles. The number of ether oxygens (including phenoxy) is 1. The van der Waals surface area contributed by atoms with Gasteiger partial charge in [0.05, 0.1) is 12.2 Å². The van der Waals surface area contributed by atoms with Gasteiger partial charge >= 0.3 is 11.9 Å². The molecule has 0 aliphatic rings. The van der Waals surface area contributed by atoms with Gasteiger partial charge in [0, 0.05) is 6.20 Å². The van der Waals surface area contributed by atoms with Crippen molar-refractivity contribution in [2.75, 3.05) is 6.61 Å². The molecule has 1 aromatic rings. The molecule has 0 bridgehead atoms. The number of carbonyl (C=O) groups excluding carboxylic acids is 1. The summed E-state index contributed by atoms with van der Waals surface area (Å²) in [5.74, 6) is -1.77. The van der Waals surface area contributed by atoms with Gasteiger partial charge in [-0.3, -0.25) is 0 Å². The van der Waals surface area contributed by atoms with Crippen LogP contribution < -0.4 is 0 Å². The fourth-order valence-electron chi connectivity index (χ4n) is 1.16. The number of aromatic amines is 1. The summed E-state index contributed by atoms with van der Waals surface area (Å²) in [6, 6.07) is 0. The summed E-state index contributed by atoms with van der Waals surface area (Å²) in [5.41, 5.74) is 0.487. The first kappa shape index (κ1) is 10.3. The Labute approximate surface area is 80.7 Å². The Bertz CT molecular complexity index is 367. The highest BCUT2D eigenvalue weighted by atomic mass is 16.5. The number of nitrogens with one attached hydrogen (secondary N) is 1. The molecule has 5 heteroatoms. The van der Waals surface area contributed by atoms with Gasteiger partial charge in [-0.25, -0.2) is 9.59 Å². The average molecular weight is 197 g/mol. The number of H-pyrrole nitrogens is 1. The van der Waals surface area contributed by atoms with Gasteiger partial charge in [0.1, 0.15) is 5.69 Å². The van der Waals surface area contributed by atoms with Gasteiger partial charge in [-0.05, 0) is 19.4 Å². The largest absolute Gasteiger partial charge is 0.478 e. The molecule has 0 atom stereocenters. The number of hydrogen-bond donors (Lipinski definition) is 2. The van der Waals surface area contributed by atoms with Crippen LogP contribution in [0.2, 0.25) is 0 Å². The lowest BCUT2D eigenvalue weighted by Crippen LogP contribution is -2.11. The maximum Gasteiger partial charge on any atom is 0.355 e. The van der Waals surface area contributed by atoms with Crippen LogP contribution in [0.15, 0.2) is 6.20 Å². The highest BCUT2D eigenvalue weighted by Gasteiger charge is 2.21. The Balaban J connectivity index is 3.09. The number of carboxylic acids is 1. The lowest BCUT2D eigenvalue weighted by Gasteiger charge is -2.00. The molecule has 76 valence electrons. The average Bonchev–Trinajstić information content (AvgIpc) is 2.47. The normalized spacial score (nSPS) is 9.86. The molecule has 5 nitrogen and oxygen atoms in total. The molecule has 1 rings (SSSR count). The lowest BCUT2D eigenvalue weighted by molar-refractivity contribution is 0.0508. The second-order valence-corrected chi connectivity index (χ2v) is 2.75. The van der Waals surface area contributed by atoms with Crippen LogP contribution in [0.3, 0.4) is 0 Å². The summed E-state index contributed by atoms with van der Waals surface area (Å²) >= 11 is 0. The number of hydrogen-bond acceptors (Lipinski definition) is 3.